The van der Waals surface area contributed by atoms with Crippen molar-refractivity contribution in [1.82, 2.24) is 5.06 Å². The second-order valence-electron chi connectivity index (χ2n) is 4.61. The van der Waals surface area contributed by atoms with Crippen LogP contribution in [0.3, 0.4) is 0 Å². The third-order valence-electron chi connectivity index (χ3n) is 2.61. The summed E-state index contributed by atoms with van der Waals surface area (Å²) < 4.78 is 5.71. The van der Waals surface area contributed by atoms with Gasteiger partial charge in [0.1, 0.15) is 10.7 Å². The van der Waals surface area contributed by atoms with Crippen LogP contribution in [-0.2, 0) is 4.84 Å². The smallest absolute Gasteiger partial charge is 0.345 e. The Kier molecular flexibility index (Phi) is 5.29. The lowest BCUT2D eigenvalue weighted by Crippen LogP contribution is -2.42. The summed E-state index contributed by atoms with van der Waals surface area (Å²) in [6, 6.07) is 6.55. The fourth-order valence-electron chi connectivity index (χ4n) is 1.27. The van der Waals surface area contributed by atoms with Crippen LogP contribution in [0.1, 0.15) is 13.8 Å². The Labute approximate surface area is 123 Å². The fourth-order valence-corrected chi connectivity index (χ4v) is 1.31. The van der Waals surface area contributed by atoms with E-state index in [4.69, 9.17) is 27.5 Å². The third kappa shape index (κ3) is 4.36. The molecule has 0 atom stereocenters. The Morgan fingerprint density at radius 2 is 2.10 bits per heavy atom. The van der Waals surface area contributed by atoms with Crippen molar-refractivity contribution in [1.29, 1.82) is 0 Å². The molecule has 1 rings (SSSR count). The average Bonchev–Trinajstić information content (AvgIpc) is 2.37. The number of hydrogen-bond donors (Lipinski definition) is 2. The van der Waals surface area contributed by atoms with E-state index in [1.807, 2.05) is 0 Å². The van der Waals surface area contributed by atoms with Crippen molar-refractivity contribution in [3.63, 3.8) is 0 Å². The molecule has 0 heterocycles. The zero-order valence-corrected chi connectivity index (χ0v) is 12.8. The van der Waals surface area contributed by atoms with Gasteiger partial charge in [0.15, 0.2) is 5.60 Å². The van der Waals surface area contributed by atoms with Gasteiger partial charge in [-0.25, -0.2) is 9.86 Å². The van der Waals surface area contributed by atoms with Crippen LogP contribution < -0.4 is 15.8 Å². The number of anilines is 1. The van der Waals surface area contributed by atoms with Gasteiger partial charge in [-0.3, -0.25) is 4.84 Å². The Hall–Kier alpha value is -1.86. The molecule has 0 radical (unpaired) electrons. The van der Waals surface area contributed by atoms with Crippen molar-refractivity contribution < 1.29 is 14.4 Å². The first-order valence-corrected chi connectivity index (χ1v) is 6.35. The highest BCUT2D eigenvalue weighted by atomic mass is 32.1. The number of ether oxygens (including phenoxy) is 1. The highest BCUT2D eigenvalue weighted by molar-refractivity contribution is 7.80. The molecule has 0 aromatic heterocycles. The molecule has 0 fully saturated rings. The van der Waals surface area contributed by atoms with Gasteiger partial charge in [0, 0.05) is 18.8 Å². The van der Waals surface area contributed by atoms with Crippen molar-refractivity contribution in [2.75, 3.05) is 19.5 Å². The van der Waals surface area contributed by atoms with Crippen LogP contribution in [0.5, 0.6) is 5.75 Å². The van der Waals surface area contributed by atoms with Gasteiger partial charge < -0.3 is 15.8 Å². The van der Waals surface area contributed by atoms with Gasteiger partial charge in [-0.15, -0.1) is 0 Å². The number of carbonyl (C=O) groups excluding carboxylic acids is 1. The predicted octanol–water partition coefficient (Wildman–Crippen LogP) is 2.16. The maximum Gasteiger partial charge on any atom is 0.345 e. The molecule has 0 unspecified atom stereocenters. The zero-order chi connectivity index (χ0) is 15.3. The van der Waals surface area contributed by atoms with Crippen molar-refractivity contribution >= 4 is 28.9 Å². The standard InChI is InChI=1S/C13H19N3O3S/c1-13(2,11(14)20)19-10-7-5-6-9(8-10)15-12(17)16(3)18-4/h5-8H,1-4H3,(H2,14,20)(H,15,17). The summed E-state index contributed by atoms with van der Waals surface area (Å²) in [6.45, 7) is 3.55. The van der Waals surface area contributed by atoms with E-state index in [0.717, 1.165) is 5.06 Å². The lowest BCUT2D eigenvalue weighted by atomic mass is 10.1. The highest BCUT2D eigenvalue weighted by Gasteiger charge is 2.23. The molecule has 1 aromatic carbocycles. The van der Waals surface area contributed by atoms with E-state index in [1.54, 1.807) is 38.1 Å². The van der Waals surface area contributed by atoms with Gasteiger partial charge in [0.05, 0.1) is 7.11 Å². The van der Waals surface area contributed by atoms with E-state index in [2.05, 4.69) is 5.32 Å². The largest absolute Gasteiger partial charge is 0.481 e. The molecule has 110 valence electrons. The SMILES string of the molecule is CON(C)C(=O)Nc1cccc(OC(C)(C)C(N)=S)c1. The Morgan fingerprint density at radius 1 is 1.45 bits per heavy atom. The minimum atomic E-state index is -0.763. The second kappa shape index (κ2) is 6.53. The van der Waals surface area contributed by atoms with E-state index >= 15 is 0 Å². The number of thiocarbonyl (C=S) groups is 1. The van der Waals surface area contributed by atoms with Gasteiger partial charge >= 0.3 is 6.03 Å². The summed E-state index contributed by atoms with van der Waals surface area (Å²) in [7, 11) is 2.91. The number of nitrogens with zero attached hydrogens (tertiary/aromatic N) is 1. The quantitative estimate of drug-likeness (QED) is 0.643. The number of amides is 2. The molecular weight excluding hydrogens is 278 g/mol. The van der Waals surface area contributed by atoms with Crippen LogP contribution in [0.15, 0.2) is 24.3 Å². The van der Waals surface area contributed by atoms with Crippen molar-refractivity contribution in [3.8, 4) is 5.75 Å². The zero-order valence-electron chi connectivity index (χ0n) is 12.0. The molecule has 0 bridgehead atoms. The number of nitrogens with one attached hydrogen (secondary N) is 1. The number of benzene rings is 1. The summed E-state index contributed by atoms with van der Waals surface area (Å²) >= 11 is 4.94. The summed E-state index contributed by atoms with van der Waals surface area (Å²) in [4.78, 5) is 16.7. The molecule has 6 nitrogen and oxygen atoms in total. The fraction of sp³-hybridized carbons (Fsp3) is 0.385. The molecule has 2 amide bonds. The molecule has 0 aliphatic rings. The lowest BCUT2D eigenvalue weighted by molar-refractivity contribution is -0.0598. The third-order valence-corrected chi connectivity index (χ3v) is 3.10. The van der Waals surface area contributed by atoms with Crippen LogP contribution in [0.25, 0.3) is 0 Å². The predicted molar refractivity (Wildman–Crippen MR) is 81.7 cm³/mol. The summed E-state index contributed by atoms with van der Waals surface area (Å²) in [5.74, 6) is 0.556. The molecule has 3 N–H and O–H groups in total. The van der Waals surface area contributed by atoms with Gasteiger partial charge in [0.2, 0.25) is 0 Å². The number of hydrogen-bond acceptors (Lipinski definition) is 4. The molecule has 0 saturated carbocycles. The average molecular weight is 297 g/mol. The number of urea groups is 1. The maximum atomic E-state index is 11.7. The molecular formula is C13H19N3O3S. The lowest BCUT2D eigenvalue weighted by Gasteiger charge is -2.25. The van der Waals surface area contributed by atoms with E-state index in [0.29, 0.717) is 11.4 Å². The van der Waals surface area contributed by atoms with Crippen LogP contribution in [0, 0.1) is 0 Å². The van der Waals surface area contributed by atoms with Gasteiger partial charge in [-0.1, -0.05) is 18.3 Å². The first-order valence-electron chi connectivity index (χ1n) is 5.94. The van der Waals surface area contributed by atoms with Crippen molar-refractivity contribution in [2.24, 2.45) is 5.73 Å². The normalized spacial score (nSPS) is 10.8. The second-order valence-corrected chi connectivity index (χ2v) is 5.05. The molecule has 0 aliphatic heterocycles. The number of hydroxylamine groups is 2. The minimum absolute atomic E-state index is 0.256. The van der Waals surface area contributed by atoms with Crippen LogP contribution in [0.4, 0.5) is 10.5 Å². The minimum Gasteiger partial charge on any atom is -0.481 e. The van der Waals surface area contributed by atoms with E-state index in [9.17, 15) is 4.79 Å². The molecule has 20 heavy (non-hydrogen) atoms. The summed E-state index contributed by atoms with van der Waals surface area (Å²) in [5.41, 5.74) is 5.42. The van der Waals surface area contributed by atoms with Gasteiger partial charge in [-0.05, 0) is 26.0 Å². The Bertz CT molecular complexity index is 505. The monoisotopic (exact) mass is 297 g/mol. The van der Waals surface area contributed by atoms with Gasteiger partial charge in [0.25, 0.3) is 0 Å². The number of nitrogens with two attached hydrogens (primary N) is 1. The number of rotatable bonds is 5. The van der Waals surface area contributed by atoms with E-state index in [1.165, 1.54) is 14.2 Å². The molecule has 0 aliphatic carbocycles. The van der Waals surface area contributed by atoms with Crippen molar-refractivity contribution in [3.05, 3.63) is 24.3 Å². The van der Waals surface area contributed by atoms with Crippen LogP contribution >= 0.6 is 12.2 Å². The highest BCUT2D eigenvalue weighted by Crippen LogP contribution is 2.22. The van der Waals surface area contributed by atoms with Gasteiger partial charge in [-0.2, -0.15) is 0 Å². The molecule has 0 spiro atoms. The molecule has 1 aromatic rings. The molecule has 7 heteroatoms. The summed E-state index contributed by atoms with van der Waals surface area (Å²) in [5, 5.41) is 3.74. The molecule has 0 saturated heterocycles. The van der Waals surface area contributed by atoms with E-state index < -0.39 is 11.6 Å². The van der Waals surface area contributed by atoms with Crippen molar-refractivity contribution in [2.45, 2.75) is 19.4 Å². The first kappa shape index (κ1) is 16.2. The van der Waals surface area contributed by atoms with Crippen LogP contribution in [0.2, 0.25) is 0 Å². The summed E-state index contributed by atoms with van der Waals surface area (Å²) in [6.07, 6.45) is 0. The maximum absolute atomic E-state index is 11.7. The topological polar surface area (TPSA) is 76.8 Å². The Balaban J connectivity index is 2.81. The van der Waals surface area contributed by atoms with E-state index in [-0.39, 0.29) is 4.99 Å². The Morgan fingerprint density at radius 3 is 2.65 bits per heavy atom. The van der Waals surface area contributed by atoms with Crippen LogP contribution in [-0.4, -0.2) is 35.8 Å². The number of carbonyl (C=O) groups is 1. The first-order chi connectivity index (χ1) is 9.26.